The van der Waals surface area contributed by atoms with Gasteiger partial charge in [0.1, 0.15) is 11.6 Å². The van der Waals surface area contributed by atoms with Crippen LogP contribution in [0.1, 0.15) is 6.92 Å². The third-order valence-electron chi connectivity index (χ3n) is 3.71. The number of hydrogen-bond acceptors (Lipinski definition) is 5. The van der Waals surface area contributed by atoms with Crippen molar-refractivity contribution in [2.75, 3.05) is 43.9 Å². The highest BCUT2D eigenvalue weighted by atomic mass is 16.2. The lowest BCUT2D eigenvalue weighted by atomic mass is 10.2. The normalized spacial score (nSPS) is 15.5. The van der Waals surface area contributed by atoms with Crippen LogP contribution in [-0.4, -0.2) is 54.8 Å². The molecular weight excluding hydrogens is 306 g/mol. The first kappa shape index (κ1) is 17.5. The Morgan fingerprint density at radius 1 is 1.21 bits per heavy atom. The first-order valence-electron chi connectivity index (χ1n) is 7.72. The maximum Gasteiger partial charge on any atom is 0.266 e. The second-order valence-electron chi connectivity index (χ2n) is 5.67. The second-order valence-corrected chi connectivity index (χ2v) is 5.67. The minimum Gasteiger partial charge on any atom is -0.360 e. The molecule has 1 aliphatic heterocycles. The van der Waals surface area contributed by atoms with Crippen molar-refractivity contribution in [3.05, 3.63) is 36.0 Å². The molecule has 0 radical (unpaired) electrons. The highest BCUT2D eigenvalue weighted by Gasteiger charge is 2.22. The zero-order valence-electron chi connectivity index (χ0n) is 13.9. The van der Waals surface area contributed by atoms with E-state index in [2.05, 4.69) is 15.5 Å². The van der Waals surface area contributed by atoms with E-state index in [4.69, 9.17) is 0 Å². The quantitative estimate of drug-likeness (QED) is 0.641. The van der Waals surface area contributed by atoms with Crippen molar-refractivity contribution in [1.29, 1.82) is 5.26 Å². The smallest absolute Gasteiger partial charge is 0.266 e. The number of rotatable bonds is 4. The summed E-state index contributed by atoms with van der Waals surface area (Å²) < 4.78 is 0. The fourth-order valence-electron chi connectivity index (χ4n) is 2.37. The summed E-state index contributed by atoms with van der Waals surface area (Å²) >= 11 is 0. The number of hydrogen-bond donors (Lipinski definition) is 2. The van der Waals surface area contributed by atoms with E-state index in [1.807, 2.05) is 13.1 Å². The Morgan fingerprint density at radius 3 is 2.50 bits per heavy atom. The molecule has 0 aromatic heterocycles. The average Bonchev–Trinajstić information content (AvgIpc) is 2.55. The standard InChI is InChI=1S/C17H21N5O2/c1-13(23)20-16-5-3-4-15(10-16)19-12-14(11-18)17(24)22-8-6-21(2)7-9-22/h3-5,10,12,19H,6-9H2,1-2H3,(H,20,23)/b14-12-. The maximum atomic E-state index is 12.4. The Morgan fingerprint density at radius 2 is 1.88 bits per heavy atom. The molecule has 1 aromatic rings. The monoisotopic (exact) mass is 327 g/mol. The van der Waals surface area contributed by atoms with Crippen molar-refractivity contribution >= 4 is 23.2 Å². The predicted molar refractivity (Wildman–Crippen MR) is 92.1 cm³/mol. The van der Waals surface area contributed by atoms with Gasteiger partial charge in [-0.3, -0.25) is 9.59 Å². The number of nitrogens with zero attached hydrogens (tertiary/aromatic N) is 3. The van der Waals surface area contributed by atoms with Crippen LogP contribution in [-0.2, 0) is 9.59 Å². The number of amides is 2. The molecule has 0 atom stereocenters. The van der Waals surface area contributed by atoms with Crippen LogP contribution >= 0.6 is 0 Å². The summed E-state index contributed by atoms with van der Waals surface area (Å²) in [6.45, 7) is 4.27. The summed E-state index contributed by atoms with van der Waals surface area (Å²) in [5.74, 6) is -0.429. The van der Waals surface area contributed by atoms with Crippen LogP contribution in [0.3, 0.4) is 0 Å². The van der Waals surface area contributed by atoms with Gasteiger partial charge < -0.3 is 20.4 Å². The second kappa shape index (κ2) is 8.13. The predicted octanol–water partition coefficient (Wildman–Crippen LogP) is 1.24. The molecule has 2 amide bonds. The van der Waals surface area contributed by atoms with Gasteiger partial charge in [-0.25, -0.2) is 0 Å². The molecule has 2 N–H and O–H groups in total. The Hall–Kier alpha value is -2.85. The lowest BCUT2D eigenvalue weighted by Gasteiger charge is -2.32. The van der Waals surface area contributed by atoms with E-state index in [1.165, 1.54) is 13.1 Å². The van der Waals surface area contributed by atoms with Crippen LogP contribution in [0.15, 0.2) is 36.0 Å². The topological polar surface area (TPSA) is 88.5 Å². The van der Waals surface area contributed by atoms with Gasteiger partial charge in [0.05, 0.1) is 0 Å². The molecule has 1 aromatic carbocycles. The van der Waals surface area contributed by atoms with E-state index in [0.29, 0.717) is 24.5 Å². The van der Waals surface area contributed by atoms with Gasteiger partial charge in [0.2, 0.25) is 5.91 Å². The molecule has 7 heteroatoms. The van der Waals surface area contributed by atoms with Crippen LogP contribution in [0.5, 0.6) is 0 Å². The molecule has 0 unspecified atom stereocenters. The van der Waals surface area contributed by atoms with E-state index in [1.54, 1.807) is 29.2 Å². The molecule has 7 nitrogen and oxygen atoms in total. The molecule has 0 bridgehead atoms. The summed E-state index contributed by atoms with van der Waals surface area (Å²) in [7, 11) is 2.01. The molecule has 126 valence electrons. The van der Waals surface area contributed by atoms with E-state index in [9.17, 15) is 14.9 Å². The third-order valence-corrected chi connectivity index (χ3v) is 3.71. The van der Waals surface area contributed by atoms with Gasteiger partial charge in [0.15, 0.2) is 0 Å². The van der Waals surface area contributed by atoms with Crippen LogP contribution < -0.4 is 10.6 Å². The molecule has 2 rings (SSSR count). The van der Waals surface area contributed by atoms with Gasteiger partial charge in [-0.15, -0.1) is 0 Å². The summed E-state index contributed by atoms with van der Waals surface area (Å²) in [4.78, 5) is 27.3. The van der Waals surface area contributed by atoms with Gasteiger partial charge in [-0.2, -0.15) is 5.26 Å². The number of piperazine rings is 1. The maximum absolute atomic E-state index is 12.4. The number of likely N-dealkylation sites (N-methyl/N-ethyl adjacent to an activating group) is 1. The fourth-order valence-corrected chi connectivity index (χ4v) is 2.37. The highest BCUT2D eigenvalue weighted by Crippen LogP contribution is 2.16. The van der Waals surface area contributed by atoms with E-state index >= 15 is 0 Å². The highest BCUT2D eigenvalue weighted by molar-refractivity contribution is 5.97. The van der Waals surface area contributed by atoms with Gasteiger partial charge in [0, 0.05) is 50.7 Å². The minimum atomic E-state index is -0.267. The summed E-state index contributed by atoms with van der Waals surface area (Å²) in [6, 6.07) is 9.00. The Balaban J connectivity index is 2.04. The van der Waals surface area contributed by atoms with E-state index in [0.717, 1.165) is 13.1 Å². The SMILES string of the molecule is CC(=O)Nc1cccc(N/C=C(/C#N)C(=O)N2CCN(C)CC2)c1. The van der Waals surface area contributed by atoms with Crippen molar-refractivity contribution < 1.29 is 9.59 Å². The minimum absolute atomic E-state index is 0.0597. The molecule has 1 saturated heterocycles. The number of carbonyl (C=O) groups excluding carboxylic acids is 2. The van der Waals surface area contributed by atoms with Gasteiger partial charge >= 0.3 is 0 Å². The summed E-state index contributed by atoms with van der Waals surface area (Å²) in [6.07, 6.45) is 1.41. The number of carbonyl (C=O) groups is 2. The first-order chi connectivity index (χ1) is 11.5. The van der Waals surface area contributed by atoms with Crippen LogP contribution in [0.25, 0.3) is 0 Å². The molecule has 1 fully saturated rings. The molecule has 0 spiro atoms. The number of benzene rings is 1. The van der Waals surface area contributed by atoms with E-state index in [-0.39, 0.29) is 17.4 Å². The Kier molecular flexibility index (Phi) is 5.93. The lowest BCUT2D eigenvalue weighted by molar-refractivity contribution is -0.128. The zero-order chi connectivity index (χ0) is 17.5. The molecule has 0 aliphatic carbocycles. The molecular formula is C17H21N5O2. The van der Waals surface area contributed by atoms with Crippen LogP contribution in [0.2, 0.25) is 0 Å². The molecule has 1 aliphatic rings. The van der Waals surface area contributed by atoms with E-state index < -0.39 is 0 Å². The van der Waals surface area contributed by atoms with Crippen molar-refractivity contribution in [3.63, 3.8) is 0 Å². The number of nitriles is 1. The molecule has 0 saturated carbocycles. The average molecular weight is 327 g/mol. The van der Waals surface area contributed by atoms with Crippen molar-refractivity contribution in [3.8, 4) is 6.07 Å². The largest absolute Gasteiger partial charge is 0.360 e. The Bertz CT molecular complexity index is 684. The van der Waals surface area contributed by atoms with Gasteiger partial charge in [-0.05, 0) is 25.2 Å². The summed E-state index contributed by atoms with van der Waals surface area (Å²) in [5.41, 5.74) is 1.38. The zero-order valence-corrected chi connectivity index (χ0v) is 13.9. The lowest BCUT2D eigenvalue weighted by Crippen LogP contribution is -2.47. The van der Waals surface area contributed by atoms with Gasteiger partial charge in [-0.1, -0.05) is 6.07 Å². The first-order valence-corrected chi connectivity index (χ1v) is 7.72. The van der Waals surface area contributed by atoms with Crippen molar-refractivity contribution in [2.24, 2.45) is 0 Å². The molecule has 24 heavy (non-hydrogen) atoms. The van der Waals surface area contributed by atoms with Crippen molar-refractivity contribution in [1.82, 2.24) is 9.80 Å². The summed E-state index contributed by atoms with van der Waals surface area (Å²) in [5, 5.41) is 14.9. The van der Waals surface area contributed by atoms with Gasteiger partial charge in [0.25, 0.3) is 5.91 Å². The Labute approximate surface area is 141 Å². The third kappa shape index (κ3) is 4.83. The van der Waals surface area contributed by atoms with Crippen LogP contribution in [0, 0.1) is 11.3 Å². The number of nitrogens with one attached hydrogen (secondary N) is 2. The van der Waals surface area contributed by atoms with Crippen molar-refractivity contribution in [2.45, 2.75) is 6.92 Å². The fraction of sp³-hybridized carbons (Fsp3) is 0.353. The van der Waals surface area contributed by atoms with Crippen LogP contribution in [0.4, 0.5) is 11.4 Å². The number of anilines is 2. The molecule has 1 heterocycles.